The zero-order valence-electron chi connectivity index (χ0n) is 13.7. The summed E-state index contributed by atoms with van der Waals surface area (Å²) in [6.45, 7) is 1.26. The lowest BCUT2D eigenvalue weighted by Gasteiger charge is -2.19. The average Bonchev–Trinajstić information content (AvgIpc) is 2.54. The van der Waals surface area contributed by atoms with Gasteiger partial charge in [-0.1, -0.05) is 0 Å². The van der Waals surface area contributed by atoms with Gasteiger partial charge < -0.3 is 21.1 Å². The highest BCUT2D eigenvalue weighted by atomic mass is 32.2. The maximum atomic E-state index is 13.5. The number of esters is 1. The van der Waals surface area contributed by atoms with Crippen molar-refractivity contribution in [3.8, 4) is 0 Å². The Balaban J connectivity index is 2.69. The highest BCUT2D eigenvalue weighted by molar-refractivity contribution is 7.98. The first-order valence-corrected chi connectivity index (χ1v) is 8.65. The molecule has 7 nitrogen and oxygen atoms in total. The van der Waals surface area contributed by atoms with Gasteiger partial charge in [0.2, 0.25) is 0 Å². The Kier molecular flexibility index (Phi) is 8.12. The van der Waals surface area contributed by atoms with Crippen molar-refractivity contribution in [2.75, 3.05) is 17.3 Å². The van der Waals surface area contributed by atoms with Crippen molar-refractivity contribution in [3.63, 3.8) is 0 Å². The predicted molar refractivity (Wildman–Crippen MR) is 90.0 cm³/mol. The molecule has 0 fully saturated rings. The fourth-order valence-electron chi connectivity index (χ4n) is 1.79. The number of hydrogen-bond donors (Lipinski definition) is 3. The van der Waals surface area contributed by atoms with Crippen LogP contribution < -0.4 is 16.4 Å². The summed E-state index contributed by atoms with van der Waals surface area (Å²) in [7, 11) is 0. The van der Waals surface area contributed by atoms with Gasteiger partial charge in [-0.3, -0.25) is 4.79 Å². The highest BCUT2D eigenvalue weighted by Crippen LogP contribution is 2.16. The fraction of sp³-hybridized carbons (Fsp3) is 0.400. The van der Waals surface area contributed by atoms with E-state index in [0.29, 0.717) is 5.75 Å². The number of primary amides is 1. The van der Waals surface area contributed by atoms with Gasteiger partial charge in [-0.05, 0) is 37.5 Å². The Morgan fingerprint density at radius 3 is 2.60 bits per heavy atom. The summed E-state index contributed by atoms with van der Waals surface area (Å²) >= 11 is 1.45. The number of amides is 3. The summed E-state index contributed by atoms with van der Waals surface area (Å²) in [5, 5.41) is 4.37. The molecule has 3 amide bonds. The quantitative estimate of drug-likeness (QED) is 0.598. The van der Waals surface area contributed by atoms with E-state index in [2.05, 4.69) is 10.6 Å². The lowest BCUT2D eigenvalue weighted by atomic mass is 10.2. The molecule has 0 bridgehead atoms. The maximum absolute atomic E-state index is 13.5. The van der Waals surface area contributed by atoms with E-state index in [1.165, 1.54) is 18.7 Å². The zero-order chi connectivity index (χ0) is 19.0. The molecule has 4 N–H and O–H groups in total. The fourth-order valence-corrected chi connectivity index (χ4v) is 2.27. The number of benzene rings is 1. The summed E-state index contributed by atoms with van der Waals surface area (Å²) in [6.07, 6.45) is 0.785. The van der Waals surface area contributed by atoms with Crippen molar-refractivity contribution in [2.45, 2.75) is 25.5 Å². The smallest absolute Gasteiger partial charge is 0.329 e. The molecule has 1 aromatic carbocycles. The monoisotopic (exact) mass is 375 g/mol. The van der Waals surface area contributed by atoms with Crippen LogP contribution >= 0.6 is 11.8 Å². The van der Waals surface area contributed by atoms with Crippen molar-refractivity contribution in [1.82, 2.24) is 5.32 Å². The number of rotatable bonds is 8. The minimum atomic E-state index is -1.29. The van der Waals surface area contributed by atoms with E-state index in [1.807, 2.05) is 6.26 Å². The number of halogens is 2. The first-order valence-electron chi connectivity index (χ1n) is 7.26. The first kappa shape index (κ1) is 20.7. The molecular formula is C15H19F2N3O4S. The molecule has 0 aliphatic carbocycles. The lowest BCUT2D eigenvalue weighted by Crippen LogP contribution is -2.46. The van der Waals surface area contributed by atoms with Gasteiger partial charge in [0.1, 0.15) is 17.7 Å². The number of carbonyl (C=O) groups is 3. The van der Waals surface area contributed by atoms with Gasteiger partial charge in [0.25, 0.3) is 5.91 Å². The van der Waals surface area contributed by atoms with Crippen LogP contribution in [0.5, 0.6) is 0 Å². The highest BCUT2D eigenvalue weighted by Gasteiger charge is 2.26. The molecule has 0 unspecified atom stereocenters. The van der Waals surface area contributed by atoms with Crippen LogP contribution in [0.2, 0.25) is 0 Å². The third kappa shape index (κ3) is 6.96. The molecule has 0 saturated carbocycles. The van der Waals surface area contributed by atoms with Crippen LogP contribution in [0.1, 0.15) is 13.3 Å². The van der Waals surface area contributed by atoms with Crippen molar-refractivity contribution in [3.05, 3.63) is 29.8 Å². The van der Waals surface area contributed by atoms with Gasteiger partial charge in [0.15, 0.2) is 6.10 Å². The molecule has 0 aliphatic rings. The molecule has 0 aromatic heterocycles. The Morgan fingerprint density at radius 2 is 2.00 bits per heavy atom. The van der Waals surface area contributed by atoms with E-state index < -0.39 is 41.7 Å². The molecule has 1 rings (SSSR count). The Labute approximate surface area is 147 Å². The molecule has 0 radical (unpaired) electrons. The number of urea groups is 1. The van der Waals surface area contributed by atoms with Gasteiger partial charge in [0.05, 0.1) is 5.69 Å². The normalized spacial score (nSPS) is 12.8. The molecule has 1 aromatic rings. The molecule has 0 spiro atoms. The third-order valence-corrected chi connectivity index (χ3v) is 3.70. The van der Waals surface area contributed by atoms with Crippen LogP contribution in [-0.2, 0) is 14.3 Å². The van der Waals surface area contributed by atoms with Gasteiger partial charge in [0, 0.05) is 6.07 Å². The van der Waals surface area contributed by atoms with E-state index >= 15 is 0 Å². The summed E-state index contributed by atoms with van der Waals surface area (Å²) in [4.78, 5) is 35.0. The van der Waals surface area contributed by atoms with E-state index in [0.717, 1.165) is 18.2 Å². The van der Waals surface area contributed by atoms with Gasteiger partial charge in [-0.2, -0.15) is 11.8 Å². The van der Waals surface area contributed by atoms with Crippen molar-refractivity contribution in [1.29, 1.82) is 0 Å². The van der Waals surface area contributed by atoms with Crippen LogP contribution in [0.15, 0.2) is 18.2 Å². The number of hydrogen-bond acceptors (Lipinski definition) is 5. The van der Waals surface area contributed by atoms with Gasteiger partial charge >= 0.3 is 12.0 Å². The third-order valence-electron chi connectivity index (χ3n) is 3.06. The van der Waals surface area contributed by atoms with Crippen molar-refractivity contribution < 1.29 is 27.9 Å². The molecule has 10 heteroatoms. The van der Waals surface area contributed by atoms with Gasteiger partial charge in [-0.15, -0.1) is 0 Å². The second-order valence-electron chi connectivity index (χ2n) is 5.04. The molecule has 2 atom stereocenters. The summed E-state index contributed by atoms with van der Waals surface area (Å²) in [6, 6.07) is 0.655. The molecule has 0 saturated heterocycles. The number of nitrogens with one attached hydrogen (secondary N) is 2. The average molecular weight is 375 g/mol. The van der Waals surface area contributed by atoms with Crippen LogP contribution in [0.4, 0.5) is 19.3 Å². The number of anilines is 1. The first-order chi connectivity index (χ1) is 11.7. The summed E-state index contributed by atoms with van der Waals surface area (Å²) in [5.41, 5.74) is 4.63. The van der Waals surface area contributed by atoms with E-state index in [9.17, 15) is 23.2 Å². The SMILES string of the molecule is CSCC[C@@H](NC(N)=O)C(=O)O[C@H](C)C(=O)Nc1cc(F)ccc1F. The molecule has 25 heavy (non-hydrogen) atoms. The topological polar surface area (TPSA) is 111 Å². The van der Waals surface area contributed by atoms with Gasteiger partial charge in [-0.25, -0.2) is 18.4 Å². The second-order valence-corrected chi connectivity index (χ2v) is 6.02. The zero-order valence-corrected chi connectivity index (χ0v) is 14.5. The molecule has 0 aliphatic heterocycles. The molecule has 138 valence electrons. The number of ether oxygens (including phenoxy) is 1. The van der Waals surface area contributed by atoms with Crippen LogP contribution in [0, 0.1) is 11.6 Å². The largest absolute Gasteiger partial charge is 0.451 e. The van der Waals surface area contributed by atoms with Crippen molar-refractivity contribution >= 4 is 35.4 Å². The minimum absolute atomic E-state index is 0.260. The van der Waals surface area contributed by atoms with Crippen LogP contribution in [-0.4, -0.2) is 42.1 Å². The Morgan fingerprint density at radius 1 is 1.32 bits per heavy atom. The minimum Gasteiger partial charge on any atom is -0.451 e. The van der Waals surface area contributed by atoms with E-state index in [-0.39, 0.29) is 12.1 Å². The molecule has 0 heterocycles. The van der Waals surface area contributed by atoms with E-state index in [4.69, 9.17) is 10.5 Å². The number of nitrogens with two attached hydrogens (primary N) is 1. The summed E-state index contributed by atoms with van der Waals surface area (Å²) in [5.74, 6) is -2.71. The van der Waals surface area contributed by atoms with Crippen molar-refractivity contribution in [2.24, 2.45) is 5.73 Å². The van der Waals surface area contributed by atoms with E-state index in [1.54, 1.807) is 0 Å². The Hall–Kier alpha value is -2.36. The lowest BCUT2D eigenvalue weighted by molar-refractivity contribution is -0.155. The molecular weight excluding hydrogens is 356 g/mol. The number of carbonyl (C=O) groups excluding carboxylic acids is 3. The number of thioether (sulfide) groups is 1. The standard InChI is InChI=1S/C15H19F2N3O4S/c1-8(13(21)19-12-7-9(16)3-4-10(12)17)24-14(22)11(5-6-25-2)20-15(18)23/h3-4,7-8,11H,5-6H2,1-2H3,(H,19,21)(H3,18,20,23)/t8-,11-/m1/s1. The summed E-state index contributed by atoms with van der Waals surface area (Å²) < 4.78 is 31.6. The maximum Gasteiger partial charge on any atom is 0.329 e. The second kappa shape index (κ2) is 9.82. The van der Waals surface area contributed by atoms with Crippen LogP contribution in [0.25, 0.3) is 0 Å². The van der Waals surface area contributed by atoms with Crippen LogP contribution in [0.3, 0.4) is 0 Å². The predicted octanol–water partition coefficient (Wildman–Crippen LogP) is 1.62. The Bertz CT molecular complexity index is 645.